The molecule has 37 heavy (non-hydrogen) atoms. The molecular formula is C28H29N5O3S. The van der Waals surface area contributed by atoms with Crippen molar-refractivity contribution in [1.82, 2.24) is 24.5 Å². The monoisotopic (exact) mass is 515 g/mol. The van der Waals surface area contributed by atoms with Crippen molar-refractivity contribution in [2.24, 2.45) is 13.0 Å². The number of benzene rings is 2. The van der Waals surface area contributed by atoms with Crippen molar-refractivity contribution in [2.45, 2.75) is 31.6 Å². The third-order valence-corrected chi connectivity index (χ3v) is 7.97. The van der Waals surface area contributed by atoms with Crippen LogP contribution < -0.4 is 0 Å². The maximum absolute atomic E-state index is 11.7. The molecular weight excluding hydrogens is 486 g/mol. The number of rotatable bonds is 6. The summed E-state index contributed by atoms with van der Waals surface area (Å²) in [4.78, 5) is 4.96. The van der Waals surface area contributed by atoms with Gasteiger partial charge < -0.3 is 13.9 Å². The topological polar surface area (TPSA) is 95.1 Å². The third kappa shape index (κ3) is 4.37. The summed E-state index contributed by atoms with van der Waals surface area (Å²) in [5, 5.41) is 9.47. The van der Waals surface area contributed by atoms with Gasteiger partial charge >= 0.3 is 0 Å². The predicted octanol–water partition coefficient (Wildman–Crippen LogP) is 5.03. The lowest BCUT2D eigenvalue weighted by molar-refractivity contribution is 0.0553. The first-order valence-corrected chi connectivity index (χ1v) is 13.8. The van der Waals surface area contributed by atoms with E-state index in [0.717, 1.165) is 70.5 Å². The van der Waals surface area contributed by atoms with E-state index in [1.165, 1.54) is 5.56 Å². The smallest absolute Gasteiger partial charge is 0.157 e. The molecule has 4 heterocycles. The highest BCUT2D eigenvalue weighted by Gasteiger charge is 2.30. The molecule has 5 aromatic rings. The number of nitrogens with zero attached hydrogens (tertiary/aromatic N) is 5. The standard InChI is InChI=1S/C28H29N5O3S/c1-18-27(32(2)31-30-18)22-15-25-26(29-16-22)23-9-8-19(17-37(34)35)14-24(23)33(25)28(20-6-4-3-5-7-20)21-10-12-36-13-11-21/h3-9,14-16,21,28H,10-13,17H2,1-2H3,(H,34,35)/t28-/m1/s1. The summed E-state index contributed by atoms with van der Waals surface area (Å²) in [6.07, 6.45) is 3.80. The minimum absolute atomic E-state index is 0.0581. The Kier molecular flexibility index (Phi) is 6.36. The Morgan fingerprint density at radius 1 is 1.11 bits per heavy atom. The molecule has 3 aromatic heterocycles. The van der Waals surface area contributed by atoms with Crippen molar-refractivity contribution >= 4 is 33.0 Å². The largest absolute Gasteiger partial charge is 0.381 e. The van der Waals surface area contributed by atoms with E-state index < -0.39 is 11.1 Å². The SMILES string of the molecule is Cc1nnn(C)c1-c1cnc2c3ccc(CS(=O)O)cc3n([C@H](c3ccccc3)C3CCOCC3)c2c1. The highest BCUT2D eigenvalue weighted by Crippen LogP contribution is 2.41. The number of fused-ring (bicyclic) bond motifs is 3. The summed E-state index contributed by atoms with van der Waals surface area (Å²) in [6, 6.07) is 18.9. The molecule has 0 bridgehead atoms. The summed E-state index contributed by atoms with van der Waals surface area (Å²) in [7, 11) is 1.89. The zero-order valence-corrected chi connectivity index (χ0v) is 21.7. The minimum atomic E-state index is -1.92. The molecule has 2 aromatic carbocycles. The molecule has 1 fully saturated rings. The first kappa shape index (κ1) is 24.0. The molecule has 6 rings (SSSR count). The molecule has 1 unspecified atom stereocenters. The van der Waals surface area contributed by atoms with Gasteiger partial charge in [0, 0.05) is 37.4 Å². The number of hydrogen-bond donors (Lipinski definition) is 1. The van der Waals surface area contributed by atoms with Gasteiger partial charge in [0.25, 0.3) is 0 Å². The number of aryl methyl sites for hydroxylation is 2. The predicted molar refractivity (Wildman–Crippen MR) is 145 cm³/mol. The quantitative estimate of drug-likeness (QED) is 0.319. The van der Waals surface area contributed by atoms with Gasteiger partial charge in [0.05, 0.1) is 39.7 Å². The van der Waals surface area contributed by atoms with Crippen molar-refractivity contribution in [3.63, 3.8) is 0 Å². The summed E-state index contributed by atoms with van der Waals surface area (Å²) in [5.74, 6) is 0.456. The van der Waals surface area contributed by atoms with Gasteiger partial charge in [-0.05, 0) is 48.9 Å². The van der Waals surface area contributed by atoms with Crippen LogP contribution in [0, 0.1) is 12.8 Å². The van der Waals surface area contributed by atoms with Gasteiger partial charge in [-0.2, -0.15) is 0 Å². The van der Waals surface area contributed by atoms with Crippen LogP contribution >= 0.6 is 0 Å². The normalized spacial score (nSPS) is 16.4. The van der Waals surface area contributed by atoms with E-state index in [0.29, 0.717) is 5.92 Å². The van der Waals surface area contributed by atoms with Gasteiger partial charge in [-0.1, -0.05) is 47.7 Å². The summed E-state index contributed by atoms with van der Waals surface area (Å²) >= 11 is -1.92. The van der Waals surface area contributed by atoms with Crippen LogP contribution in [0.2, 0.25) is 0 Å². The minimum Gasteiger partial charge on any atom is -0.381 e. The molecule has 1 saturated heterocycles. The zero-order chi connectivity index (χ0) is 25.5. The number of pyridine rings is 1. The van der Waals surface area contributed by atoms with Crippen LogP contribution in [0.3, 0.4) is 0 Å². The van der Waals surface area contributed by atoms with Gasteiger partial charge in [-0.15, -0.1) is 5.10 Å². The molecule has 1 aliphatic heterocycles. The molecule has 0 aliphatic carbocycles. The van der Waals surface area contributed by atoms with Crippen LogP contribution in [0.15, 0.2) is 60.8 Å². The van der Waals surface area contributed by atoms with E-state index in [9.17, 15) is 8.76 Å². The maximum atomic E-state index is 11.7. The highest BCUT2D eigenvalue weighted by atomic mass is 32.2. The lowest BCUT2D eigenvalue weighted by Crippen LogP contribution is -2.26. The molecule has 1 N–H and O–H groups in total. The van der Waals surface area contributed by atoms with E-state index >= 15 is 0 Å². The van der Waals surface area contributed by atoms with Crippen LogP contribution in [-0.4, -0.2) is 46.5 Å². The molecule has 1 aliphatic rings. The summed E-state index contributed by atoms with van der Waals surface area (Å²) < 4.78 is 31.2. The number of ether oxygens (including phenoxy) is 1. The molecule has 2 atom stereocenters. The molecule has 0 amide bonds. The molecule has 0 saturated carbocycles. The van der Waals surface area contributed by atoms with Gasteiger partial charge in [0.1, 0.15) is 0 Å². The average molecular weight is 516 g/mol. The number of hydrogen-bond acceptors (Lipinski definition) is 5. The van der Waals surface area contributed by atoms with Crippen molar-refractivity contribution in [3.8, 4) is 11.3 Å². The first-order valence-electron chi connectivity index (χ1n) is 12.5. The molecule has 8 nitrogen and oxygen atoms in total. The van der Waals surface area contributed by atoms with E-state index in [1.807, 2.05) is 38.4 Å². The fourth-order valence-electron chi connectivity index (χ4n) is 5.78. The second-order valence-electron chi connectivity index (χ2n) is 9.73. The third-order valence-electron chi connectivity index (χ3n) is 7.39. The summed E-state index contributed by atoms with van der Waals surface area (Å²) in [5.41, 5.74) is 7.75. The van der Waals surface area contributed by atoms with Gasteiger partial charge in [0.15, 0.2) is 11.1 Å². The van der Waals surface area contributed by atoms with Crippen LogP contribution in [0.5, 0.6) is 0 Å². The van der Waals surface area contributed by atoms with Crippen LogP contribution in [0.4, 0.5) is 0 Å². The van der Waals surface area contributed by atoms with E-state index in [-0.39, 0.29) is 11.8 Å². The Morgan fingerprint density at radius 3 is 2.59 bits per heavy atom. The average Bonchev–Trinajstić information content (AvgIpc) is 3.41. The van der Waals surface area contributed by atoms with Gasteiger partial charge in [-0.25, -0.2) is 8.89 Å². The van der Waals surface area contributed by atoms with E-state index in [1.54, 1.807) is 4.68 Å². The van der Waals surface area contributed by atoms with Crippen LogP contribution in [-0.2, 0) is 28.6 Å². The molecule has 0 radical (unpaired) electrons. The fourth-order valence-corrected chi connectivity index (χ4v) is 6.25. The first-order chi connectivity index (χ1) is 18.0. The molecule has 9 heteroatoms. The lowest BCUT2D eigenvalue weighted by atomic mass is 9.86. The number of aromatic nitrogens is 5. The van der Waals surface area contributed by atoms with Crippen LogP contribution in [0.1, 0.15) is 35.7 Å². The van der Waals surface area contributed by atoms with Gasteiger partial charge in [0.2, 0.25) is 0 Å². The highest BCUT2D eigenvalue weighted by molar-refractivity contribution is 7.78. The van der Waals surface area contributed by atoms with Gasteiger partial charge in [-0.3, -0.25) is 4.98 Å². The Balaban J connectivity index is 1.67. The van der Waals surface area contributed by atoms with Crippen molar-refractivity contribution in [3.05, 3.63) is 77.6 Å². The zero-order valence-electron chi connectivity index (χ0n) is 20.9. The van der Waals surface area contributed by atoms with Crippen LogP contribution in [0.25, 0.3) is 33.2 Å². The molecule has 0 spiro atoms. The van der Waals surface area contributed by atoms with Crippen molar-refractivity contribution < 1.29 is 13.5 Å². The fraction of sp³-hybridized carbons (Fsp3) is 0.321. The second-order valence-corrected chi connectivity index (χ2v) is 10.7. The maximum Gasteiger partial charge on any atom is 0.157 e. The Hall–Kier alpha value is -3.40. The van der Waals surface area contributed by atoms with Crippen molar-refractivity contribution in [2.75, 3.05) is 13.2 Å². The summed E-state index contributed by atoms with van der Waals surface area (Å²) in [6.45, 7) is 3.44. The molecule has 190 valence electrons. The van der Waals surface area contributed by atoms with E-state index in [4.69, 9.17) is 9.72 Å². The Labute approximate surface area is 217 Å². The Morgan fingerprint density at radius 2 is 1.89 bits per heavy atom. The second kappa shape index (κ2) is 9.81. The Bertz CT molecular complexity index is 1590. The lowest BCUT2D eigenvalue weighted by Gasteiger charge is -2.33. The van der Waals surface area contributed by atoms with Crippen molar-refractivity contribution in [1.29, 1.82) is 0 Å². The van der Waals surface area contributed by atoms with E-state index in [2.05, 4.69) is 51.3 Å².